The molecule has 0 spiro atoms. The molecule has 1 aliphatic rings. The number of halogens is 3. The van der Waals surface area contributed by atoms with Crippen LogP contribution in [-0.2, 0) is 0 Å². The van der Waals surface area contributed by atoms with E-state index in [1.165, 1.54) is 25.0 Å². The van der Waals surface area contributed by atoms with E-state index in [-0.39, 0.29) is 5.75 Å². The third-order valence-corrected chi connectivity index (χ3v) is 2.82. The van der Waals surface area contributed by atoms with E-state index in [4.69, 9.17) is 11.6 Å². The maximum atomic E-state index is 12.2. The lowest BCUT2D eigenvalue weighted by Gasteiger charge is -2.08. The molecular formula is C13H14ClF2NO. The van der Waals surface area contributed by atoms with Gasteiger partial charge in [0.25, 0.3) is 0 Å². The van der Waals surface area contributed by atoms with Gasteiger partial charge in [0, 0.05) is 23.2 Å². The highest BCUT2D eigenvalue weighted by Crippen LogP contribution is 2.25. The summed E-state index contributed by atoms with van der Waals surface area (Å²) in [6, 6.07) is 5.19. The molecule has 1 aromatic rings. The van der Waals surface area contributed by atoms with E-state index >= 15 is 0 Å². The second kappa shape index (κ2) is 6.16. The van der Waals surface area contributed by atoms with E-state index in [9.17, 15) is 8.78 Å². The third-order valence-electron chi connectivity index (χ3n) is 2.59. The zero-order chi connectivity index (χ0) is 13.0. The molecule has 0 aliphatic heterocycles. The summed E-state index contributed by atoms with van der Waals surface area (Å²) in [6.07, 6.45) is 6.04. The monoisotopic (exact) mass is 273 g/mol. The van der Waals surface area contributed by atoms with Gasteiger partial charge in [0.1, 0.15) is 5.75 Å². The van der Waals surface area contributed by atoms with Crippen molar-refractivity contribution in [2.75, 3.05) is 6.54 Å². The Morgan fingerprint density at radius 3 is 2.89 bits per heavy atom. The maximum absolute atomic E-state index is 12.2. The number of ether oxygens (including phenoxy) is 1. The van der Waals surface area contributed by atoms with Crippen LogP contribution in [0.2, 0.25) is 5.02 Å². The minimum Gasteiger partial charge on any atom is -0.434 e. The highest BCUT2D eigenvalue weighted by molar-refractivity contribution is 6.30. The Hall–Kier alpha value is -1.13. The van der Waals surface area contributed by atoms with Gasteiger partial charge < -0.3 is 10.1 Å². The van der Waals surface area contributed by atoms with Crippen LogP contribution < -0.4 is 10.1 Å². The Morgan fingerprint density at radius 1 is 1.44 bits per heavy atom. The van der Waals surface area contributed by atoms with E-state index < -0.39 is 6.61 Å². The van der Waals surface area contributed by atoms with Gasteiger partial charge in [0.2, 0.25) is 0 Å². The van der Waals surface area contributed by atoms with E-state index in [0.29, 0.717) is 23.2 Å². The molecule has 0 atom stereocenters. The number of nitrogens with one attached hydrogen (secondary N) is 1. The first-order valence-corrected chi connectivity index (χ1v) is 6.17. The normalized spacial score (nSPS) is 15.6. The van der Waals surface area contributed by atoms with Gasteiger partial charge in [-0.3, -0.25) is 0 Å². The van der Waals surface area contributed by atoms with E-state index in [2.05, 4.69) is 10.1 Å². The van der Waals surface area contributed by atoms with Crippen molar-refractivity contribution in [3.8, 4) is 5.75 Å². The number of hydrogen-bond donors (Lipinski definition) is 1. The highest BCUT2D eigenvalue weighted by Gasteiger charge is 2.19. The van der Waals surface area contributed by atoms with Crippen LogP contribution >= 0.6 is 11.6 Å². The fourth-order valence-electron chi connectivity index (χ4n) is 1.56. The summed E-state index contributed by atoms with van der Waals surface area (Å²) in [5.41, 5.74) is 0.556. The minimum atomic E-state index is -2.83. The summed E-state index contributed by atoms with van der Waals surface area (Å²) < 4.78 is 28.9. The van der Waals surface area contributed by atoms with Gasteiger partial charge in [-0.15, -0.1) is 0 Å². The molecule has 18 heavy (non-hydrogen) atoms. The third kappa shape index (κ3) is 4.27. The van der Waals surface area contributed by atoms with Gasteiger partial charge in [0.15, 0.2) is 0 Å². The van der Waals surface area contributed by atoms with Crippen molar-refractivity contribution in [3.63, 3.8) is 0 Å². The molecule has 0 saturated heterocycles. The molecule has 0 radical (unpaired) electrons. The van der Waals surface area contributed by atoms with Crippen molar-refractivity contribution in [1.29, 1.82) is 0 Å². The molecule has 0 aromatic heterocycles. The fraction of sp³-hybridized carbons (Fsp3) is 0.385. The Labute approximate surface area is 110 Å². The van der Waals surface area contributed by atoms with Gasteiger partial charge in [-0.05, 0) is 31.0 Å². The average Bonchev–Trinajstić information content (AvgIpc) is 3.11. The van der Waals surface area contributed by atoms with Crippen LogP contribution in [0.4, 0.5) is 8.78 Å². The minimum absolute atomic E-state index is 0.136. The maximum Gasteiger partial charge on any atom is 0.387 e. The molecule has 0 heterocycles. The Morgan fingerprint density at radius 2 is 2.22 bits per heavy atom. The predicted molar refractivity (Wildman–Crippen MR) is 68.1 cm³/mol. The molecule has 2 nitrogen and oxygen atoms in total. The van der Waals surface area contributed by atoms with E-state index in [0.717, 1.165) is 0 Å². The molecule has 2 rings (SSSR count). The van der Waals surface area contributed by atoms with Crippen LogP contribution in [0.5, 0.6) is 5.75 Å². The van der Waals surface area contributed by atoms with Crippen molar-refractivity contribution in [1.82, 2.24) is 5.32 Å². The fourth-order valence-corrected chi connectivity index (χ4v) is 1.74. The molecule has 0 bridgehead atoms. The average molecular weight is 274 g/mol. The SMILES string of the molecule is FC(F)Oc1ccc(Cl)cc1C=CCNC1CC1. The van der Waals surface area contributed by atoms with Crippen LogP contribution in [0.1, 0.15) is 18.4 Å². The number of alkyl halides is 2. The van der Waals surface area contributed by atoms with Crippen molar-refractivity contribution in [2.45, 2.75) is 25.5 Å². The summed E-state index contributed by atoms with van der Waals surface area (Å²) >= 11 is 5.83. The number of hydrogen-bond acceptors (Lipinski definition) is 2. The second-order valence-electron chi connectivity index (χ2n) is 4.15. The molecule has 1 saturated carbocycles. The van der Waals surface area contributed by atoms with Gasteiger partial charge >= 0.3 is 6.61 Å². The summed E-state index contributed by atoms with van der Waals surface area (Å²) in [4.78, 5) is 0. The summed E-state index contributed by atoms with van der Waals surface area (Å²) in [5.74, 6) is 0.136. The summed E-state index contributed by atoms with van der Waals surface area (Å²) in [7, 11) is 0. The molecule has 5 heteroatoms. The van der Waals surface area contributed by atoms with Gasteiger partial charge in [-0.25, -0.2) is 0 Å². The van der Waals surface area contributed by atoms with Crippen molar-refractivity contribution in [3.05, 3.63) is 34.9 Å². The van der Waals surface area contributed by atoms with Crippen LogP contribution in [0, 0.1) is 0 Å². The van der Waals surface area contributed by atoms with Crippen molar-refractivity contribution in [2.24, 2.45) is 0 Å². The number of rotatable bonds is 6. The molecule has 1 aromatic carbocycles. The largest absolute Gasteiger partial charge is 0.434 e. The molecule has 0 amide bonds. The van der Waals surface area contributed by atoms with Crippen molar-refractivity contribution >= 4 is 17.7 Å². The molecular weight excluding hydrogens is 260 g/mol. The lowest BCUT2D eigenvalue weighted by Crippen LogP contribution is -2.15. The standard InChI is InChI=1S/C13H14ClF2NO/c14-10-3-6-12(18-13(15)16)9(8-10)2-1-7-17-11-4-5-11/h1-3,6,8,11,13,17H,4-5,7H2. The zero-order valence-corrected chi connectivity index (χ0v) is 10.5. The van der Waals surface area contributed by atoms with Gasteiger partial charge in [-0.1, -0.05) is 23.8 Å². The Bertz CT molecular complexity index is 433. The van der Waals surface area contributed by atoms with Crippen LogP contribution in [0.25, 0.3) is 6.08 Å². The molecule has 98 valence electrons. The molecule has 1 N–H and O–H groups in total. The van der Waals surface area contributed by atoms with Gasteiger partial charge in [-0.2, -0.15) is 8.78 Å². The summed E-state index contributed by atoms with van der Waals surface area (Å²) in [6.45, 7) is -2.12. The quantitative estimate of drug-likeness (QED) is 0.853. The summed E-state index contributed by atoms with van der Waals surface area (Å²) in [5, 5.41) is 3.78. The highest BCUT2D eigenvalue weighted by atomic mass is 35.5. The first-order valence-electron chi connectivity index (χ1n) is 5.79. The van der Waals surface area contributed by atoms with Crippen molar-refractivity contribution < 1.29 is 13.5 Å². The zero-order valence-electron chi connectivity index (χ0n) is 9.70. The predicted octanol–water partition coefficient (Wildman–Crippen LogP) is 3.71. The Balaban J connectivity index is 2.00. The first-order chi connectivity index (χ1) is 8.65. The Kier molecular flexibility index (Phi) is 4.55. The second-order valence-corrected chi connectivity index (χ2v) is 4.58. The van der Waals surface area contributed by atoms with E-state index in [1.54, 1.807) is 12.1 Å². The first kappa shape index (κ1) is 13.3. The lowest BCUT2D eigenvalue weighted by molar-refractivity contribution is -0.0499. The van der Waals surface area contributed by atoms with E-state index in [1.807, 2.05) is 6.08 Å². The molecule has 1 aliphatic carbocycles. The number of benzene rings is 1. The molecule has 0 unspecified atom stereocenters. The van der Waals surface area contributed by atoms with Crippen LogP contribution in [-0.4, -0.2) is 19.2 Å². The topological polar surface area (TPSA) is 21.3 Å². The lowest BCUT2D eigenvalue weighted by atomic mass is 10.2. The molecule has 1 fully saturated rings. The smallest absolute Gasteiger partial charge is 0.387 e. The van der Waals surface area contributed by atoms with Gasteiger partial charge in [0.05, 0.1) is 0 Å². The van der Waals surface area contributed by atoms with Crippen LogP contribution in [0.15, 0.2) is 24.3 Å². The van der Waals surface area contributed by atoms with Crippen LogP contribution in [0.3, 0.4) is 0 Å².